The van der Waals surface area contributed by atoms with Crippen LogP contribution >= 0.6 is 0 Å². The first-order valence-electron chi connectivity index (χ1n) is 12.4. The number of carboxylic acids is 1. The number of hydrogen-bond acceptors (Lipinski definition) is 4. The van der Waals surface area contributed by atoms with E-state index in [-0.39, 0.29) is 36.8 Å². The third kappa shape index (κ3) is 6.41. The zero-order chi connectivity index (χ0) is 25.5. The highest BCUT2D eigenvalue weighted by atomic mass is 16.5. The predicted molar refractivity (Wildman–Crippen MR) is 135 cm³/mol. The van der Waals surface area contributed by atoms with Crippen molar-refractivity contribution in [3.63, 3.8) is 0 Å². The molecule has 0 radical (unpaired) electrons. The van der Waals surface area contributed by atoms with E-state index in [0.717, 1.165) is 11.1 Å². The number of fused-ring (bicyclic) bond motifs is 3. The molecule has 3 unspecified atom stereocenters. The lowest BCUT2D eigenvalue weighted by atomic mass is 9.89. The van der Waals surface area contributed by atoms with Gasteiger partial charge in [-0.2, -0.15) is 0 Å². The van der Waals surface area contributed by atoms with Gasteiger partial charge in [0, 0.05) is 24.4 Å². The normalized spacial score (nSPS) is 15.0. The first kappa shape index (κ1) is 26.3. The van der Waals surface area contributed by atoms with Crippen molar-refractivity contribution in [3.8, 4) is 11.1 Å². The zero-order valence-corrected chi connectivity index (χ0v) is 20.9. The largest absolute Gasteiger partial charge is 0.481 e. The lowest BCUT2D eigenvalue weighted by Crippen LogP contribution is -2.44. The van der Waals surface area contributed by atoms with Crippen molar-refractivity contribution >= 4 is 18.0 Å². The molecule has 1 aliphatic rings. The van der Waals surface area contributed by atoms with Crippen LogP contribution in [0.1, 0.15) is 64.0 Å². The summed E-state index contributed by atoms with van der Waals surface area (Å²) >= 11 is 0. The number of ether oxygens (including phenoxy) is 1. The number of aliphatic carboxylic acids is 1. The van der Waals surface area contributed by atoms with Crippen molar-refractivity contribution in [3.05, 3.63) is 59.7 Å². The zero-order valence-electron chi connectivity index (χ0n) is 20.9. The summed E-state index contributed by atoms with van der Waals surface area (Å²) < 4.78 is 5.61. The Balaban J connectivity index is 1.50. The monoisotopic (exact) mass is 480 g/mol. The van der Waals surface area contributed by atoms with Crippen LogP contribution in [0.15, 0.2) is 48.5 Å². The summed E-state index contributed by atoms with van der Waals surface area (Å²) in [4.78, 5) is 36.4. The maximum Gasteiger partial charge on any atom is 0.407 e. The van der Waals surface area contributed by atoms with E-state index >= 15 is 0 Å². The van der Waals surface area contributed by atoms with E-state index in [2.05, 4.69) is 34.9 Å². The second kappa shape index (κ2) is 11.9. The van der Waals surface area contributed by atoms with Crippen LogP contribution < -0.4 is 10.6 Å². The van der Waals surface area contributed by atoms with Crippen LogP contribution in [0.25, 0.3) is 11.1 Å². The standard InChI is InChI=1S/C28H36N2O5/c1-5-19(14-15-25(31)29-18(4)26(17(2)3)27(32)33)30-28(34)35-16-24-22-12-8-6-10-20(22)21-11-7-9-13-23(21)24/h6-13,17-19,24,26H,5,14-16H2,1-4H3,(H,29,31)(H,30,34)(H,32,33). The number of rotatable bonds is 11. The van der Waals surface area contributed by atoms with E-state index in [1.165, 1.54) is 11.1 Å². The second-order valence-electron chi connectivity index (χ2n) is 9.58. The van der Waals surface area contributed by atoms with E-state index in [0.29, 0.717) is 12.8 Å². The summed E-state index contributed by atoms with van der Waals surface area (Å²) in [5.74, 6) is -1.90. The van der Waals surface area contributed by atoms with Crippen LogP contribution in [0.3, 0.4) is 0 Å². The summed E-state index contributed by atoms with van der Waals surface area (Å²) in [5, 5.41) is 15.1. The van der Waals surface area contributed by atoms with Crippen molar-refractivity contribution in [1.82, 2.24) is 10.6 Å². The Morgan fingerprint density at radius 1 is 0.943 bits per heavy atom. The van der Waals surface area contributed by atoms with Crippen molar-refractivity contribution in [2.75, 3.05) is 6.61 Å². The average Bonchev–Trinajstić information content (AvgIpc) is 3.13. The summed E-state index contributed by atoms with van der Waals surface area (Å²) in [7, 11) is 0. The van der Waals surface area contributed by atoms with E-state index < -0.39 is 24.0 Å². The molecule has 3 atom stereocenters. The molecule has 2 aromatic carbocycles. The summed E-state index contributed by atoms with van der Waals surface area (Å²) in [6, 6.07) is 15.7. The van der Waals surface area contributed by atoms with Crippen LogP contribution in [0.2, 0.25) is 0 Å². The number of alkyl carbamates (subject to hydrolysis) is 1. The van der Waals surface area contributed by atoms with Gasteiger partial charge in [0.25, 0.3) is 0 Å². The van der Waals surface area contributed by atoms with E-state index in [1.807, 2.05) is 45.0 Å². The number of carbonyl (C=O) groups excluding carboxylic acids is 2. The molecule has 0 spiro atoms. The van der Waals surface area contributed by atoms with E-state index in [4.69, 9.17) is 4.74 Å². The van der Waals surface area contributed by atoms with Crippen LogP contribution in [0, 0.1) is 11.8 Å². The number of carbonyl (C=O) groups is 3. The van der Waals surface area contributed by atoms with Crippen LogP contribution in [0.5, 0.6) is 0 Å². The predicted octanol–water partition coefficient (Wildman–Crippen LogP) is 4.95. The molecule has 3 rings (SSSR count). The van der Waals surface area contributed by atoms with Crippen LogP contribution in [-0.2, 0) is 14.3 Å². The van der Waals surface area contributed by atoms with Crippen LogP contribution in [-0.4, -0.2) is 41.8 Å². The first-order chi connectivity index (χ1) is 16.7. The smallest absolute Gasteiger partial charge is 0.407 e. The van der Waals surface area contributed by atoms with Gasteiger partial charge in [-0.1, -0.05) is 69.3 Å². The lowest BCUT2D eigenvalue weighted by Gasteiger charge is -2.25. The van der Waals surface area contributed by atoms with Gasteiger partial charge in [-0.05, 0) is 47.9 Å². The maximum atomic E-state index is 12.6. The Hall–Kier alpha value is -3.35. The van der Waals surface area contributed by atoms with Gasteiger partial charge in [0.15, 0.2) is 0 Å². The lowest BCUT2D eigenvalue weighted by molar-refractivity contribution is -0.144. The fraction of sp³-hybridized carbons (Fsp3) is 0.464. The molecular weight excluding hydrogens is 444 g/mol. The van der Waals surface area contributed by atoms with Gasteiger partial charge in [0.1, 0.15) is 6.61 Å². The molecule has 2 amide bonds. The Kier molecular flexibility index (Phi) is 8.90. The molecule has 0 bridgehead atoms. The minimum Gasteiger partial charge on any atom is -0.481 e. The van der Waals surface area contributed by atoms with Gasteiger partial charge in [-0.25, -0.2) is 4.79 Å². The molecule has 3 N–H and O–H groups in total. The Morgan fingerprint density at radius 3 is 2.03 bits per heavy atom. The summed E-state index contributed by atoms with van der Waals surface area (Å²) in [5.41, 5.74) is 4.65. The van der Waals surface area contributed by atoms with Gasteiger partial charge in [-0.15, -0.1) is 0 Å². The van der Waals surface area contributed by atoms with Crippen molar-refractivity contribution < 1.29 is 24.2 Å². The molecule has 2 aromatic rings. The van der Waals surface area contributed by atoms with Gasteiger partial charge in [-0.3, -0.25) is 9.59 Å². The van der Waals surface area contributed by atoms with E-state index in [1.54, 1.807) is 6.92 Å². The van der Waals surface area contributed by atoms with Crippen molar-refractivity contribution in [2.24, 2.45) is 11.8 Å². The molecule has 0 fully saturated rings. The van der Waals surface area contributed by atoms with Gasteiger partial charge in [0.05, 0.1) is 5.92 Å². The maximum absolute atomic E-state index is 12.6. The highest BCUT2D eigenvalue weighted by molar-refractivity contribution is 5.79. The molecule has 0 saturated carbocycles. The highest BCUT2D eigenvalue weighted by Gasteiger charge is 2.30. The topological polar surface area (TPSA) is 105 Å². The number of carboxylic acid groups (broad SMARTS) is 1. The molecule has 7 heteroatoms. The summed E-state index contributed by atoms with van der Waals surface area (Å²) in [6.45, 7) is 7.54. The highest BCUT2D eigenvalue weighted by Crippen LogP contribution is 2.44. The summed E-state index contributed by atoms with van der Waals surface area (Å²) in [6.07, 6.45) is 0.782. The first-order valence-corrected chi connectivity index (χ1v) is 12.4. The van der Waals surface area contributed by atoms with Gasteiger partial charge < -0.3 is 20.5 Å². The number of amides is 2. The fourth-order valence-electron chi connectivity index (χ4n) is 4.98. The molecule has 0 aromatic heterocycles. The minimum absolute atomic E-state index is 0.0105. The molecule has 0 heterocycles. The molecule has 7 nitrogen and oxygen atoms in total. The average molecular weight is 481 g/mol. The number of nitrogens with one attached hydrogen (secondary N) is 2. The Morgan fingerprint density at radius 2 is 1.51 bits per heavy atom. The van der Waals surface area contributed by atoms with Crippen molar-refractivity contribution in [1.29, 1.82) is 0 Å². The fourth-order valence-corrected chi connectivity index (χ4v) is 4.98. The SMILES string of the molecule is CCC(CCC(=O)NC(C)C(C(=O)O)C(C)C)NC(=O)OCC1c2ccccc2-c2ccccc21. The number of benzene rings is 2. The molecule has 1 aliphatic carbocycles. The second-order valence-corrected chi connectivity index (χ2v) is 9.58. The number of hydrogen-bond donors (Lipinski definition) is 3. The Labute approximate surface area is 207 Å². The quantitative estimate of drug-likeness (QED) is 0.422. The third-order valence-electron chi connectivity index (χ3n) is 6.81. The minimum atomic E-state index is -0.920. The molecule has 0 saturated heterocycles. The molecule has 0 aliphatic heterocycles. The van der Waals surface area contributed by atoms with Crippen molar-refractivity contribution in [2.45, 2.75) is 65.0 Å². The van der Waals surface area contributed by atoms with E-state index in [9.17, 15) is 19.5 Å². The van der Waals surface area contributed by atoms with Gasteiger partial charge in [0.2, 0.25) is 5.91 Å². The van der Waals surface area contributed by atoms with Crippen LogP contribution in [0.4, 0.5) is 4.79 Å². The molecule has 188 valence electrons. The molecule has 35 heavy (non-hydrogen) atoms. The van der Waals surface area contributed by atoms with Gasteiger partial charge >= 0.3 is 12.1 Å². The third-order valence-corrected chi connectivity index (χ3v) is 6.81. The molecular formula is C28H36N2O5. The Bertz CT molecular complexity index is 1010.